The maximum atomic E-state index is 12.8. The lowest BCUT2D eigenvalue weighted by Crippen LogP contribution is -2.28. The Kier molecular flexibility index (Phi) is 4.49. The van der Waals surface area contributed by atoms with Crippen molar-refractivity contribution < 1.29 is 14.3 Å². The van der Waals surface area contributed by atoms with Crippen molar-refractivity contribution in [3.63, 3.8) is 0 Å². The fourth-order valence-corrected chi connectivity index (χ4v) is 3.16. The van der Waals surface area contributed by atoms with Crippen LogP contribution in [0.2, 0.25) is 5.02 Å². The average molecular weight is 388 g/mol. The van der Waals surface area contributed by atoms with Crippen LogP contribution in [-0.4, -0.2) is 44.6 Å². The molecule has 8 nitrogen and oxygen atoms in total. The number of rotatable bonds is 5. The summed E-state index contributed by atoms with van der Waals surface area (Å²) in [7, 11) is 1.72. The summed E-state index contributed by atoms with van der Waals surface area (Å²) < 4.78 is 12.5. The lowest BCUT2D eigenvalue weighted by Gasteiger charge is -2.17. The molecule has 2 aromatic heterocycles. The minimum Gasteiger partial charge on any atom is -0.454 e. The summed E-state index contributed by atoms with van der Waals surface area (Å²) in [5.74, 6) is 1.19. The number of hydrogen-bond donors (Lipinski definition) is 1. The van der Waals surface area contributed by atoms with E-state index in [2.05, 4.69) is 15.3 Å². The second-order valence-corrected chi connectivity index (χ2v) is 6.56. The molecule has 0 saturated carbocycles. The molecule has 0 spiro atoms. The third kappa shape index (κ3) is 3.23. The molecule has 1 amide bonds. The zero-order chi connectivity index (χ0) is 19.0. The van der Waals surface area contributed by atoms with Gasteiger partial charge in [-0.2, -0.15) is 10.2 Å². The smallest absolute Gasteiger partial charge is 0.271 e. The number of aromatic amines is 1. The summed E-state index contributed by atoms with van der Waals surface area (Å²) in [6, 6.07) is 7.26. The molecule has 0 bridgehead atoms. The first-order chi connectivity index (χ1) is 13.1. The number of halogens is 1. The number of aromatic nitrogens is 4. The fourth-order valence-electron chi connectivity index (χ4n) is 2.95. The van der Waals surface area contributed by atoms with Crippen LogP contribution in [0.3, 0.4) is 0 Å². The normalized spacial score (nSPS) is 12.4. The molecule has 0 radical (unpaired) electrons. The molecule has 0 fully saturated rings. The van der Waals surface area contributed by atoms with E-state index in [9.17, 15) is 4.79 Å². The first kappa shape index (κ1) is 17.4. The van der Waals surface area contributed by atoms with Gasteiger partial charge in [0.15, 0.2) is 11.5 Å². The molecule has 1 N–H and O–H groups in total. The van der Waals surface area contributed by atoms with E-state index in [0.29, 0.717) is 41.0 Å². The number of carbonyl (C=O) groups is 1. The lowest BCUT2D eigenvalue weighted by atomic mass is 10.1. The van der Waals surface area contributed by atoms with Crippen molar-refractivity contribution in [2.45, 2.75) is 20.0 Å². The van der Waals surface area contributed by atoms with Gasteiger partial charge in [-0.15, -0.1) is 0 Å². The first-order valence-corrected chi connectivity index (χ1v) is 8.85. The second kappa shape index (κ2) is 6.96. The summed E-state index contributed by atoms with van der Waals surface area (Å²) in [6.07, 6.45) is 1.59. The Hall–Kier alpha value is -3.00. The van der Waals surface area contributed by atoms with Gasteiger partial charge in [-0.25, -0.2) is 0 Å². The van der Waals surface area contributed by atoms with Crippen LogP contribution in [0, 0.1) is 0 Å². The summed E-state index contributed by atoms with van der Waals surface area (Å²) in [6.45, 7) is 3.22. The van der Waals surface area contributed by atoms with Crippen LogP contribution in [-0.2, 0) is 13.1 Å². The summed E-state index contributed by atoms with van der Waals surface area (Å²) in [4.78, 5) is 14.3. The van der Waals surface area contributed by atoms with E-state index in [0.717, 1.165) is 11.3 Å². The first-order valence-electron chi connectivity index (χ1n) is 8.48. The standard InChI is InChI=1S/C18H18ClN5O3/c1-3-24-15(12(19)8-20-24)9-23(2)18(25)14-7-13(21-22-14)11-4-5-16-17(6-11)27-10-26-16/h4-8H,3,9-10H2,1-2H3,(H,21,22). The zero-order valence-electron chi connectivity index (χ0n) is 14.9. The number of hydrogen-bond acceptors (Lipinski definition) is 5. The third-order valence-corrected chi connectivity index (χ3v) is 4.72. The highest BCUT2D eigenvalue weighted by atomic mass is 35.5. The van der Waals surface area contributed by atoms with Gasteiger partial charge in [-0.1, -0.05) is 11.6 Å². The van der Waals surface area contributed by atoms with E-state index in [4.69, 9.17) is 21.1 Å². The van der Waals surface area contributed by atoms with Crippen LogP contribution in [0.15, 0.2) is 30.5 Å². The number of ether oxygens (including phenoxy) is 2. The Labute approximate surface area is 160 Å². The van der Waals surface area contributed by atoms with Crippen molar-refractivity contribution in [2.24, 2.45) is 0 Å². The number of benzene rings is 1. The Balaban J connectivity index is 1.52. The van der Waals surface area contributed by atoms with Crippen LogP contribution in [0.4, 0.5) is 0 Å². The summed E-state index contributed by atoms with van der Waals surface area (Å²) in [5, 5.41) is 11.8. The number of nitrogens with zero attached hydrogens (tertiary/aromatic N) is 4. The highest BCUT2D eigenvalue weighted by molar-refractivity contribution is 6.31. The molecule has 3 heterocycles. The molecule has 0 atom stereocenters. The van der Waals surface area contributed by atoms with Crippen molar-refractivity contribution in [3.8, 4) is 22.8 Å². The third-order valence-electron chi connectivity index (χ3n) is 4.41. The molecule has 1 aliphatic heterocycles. The number of H-pyrrole nitrogens is 1. The monoisotopic (exact) mass is 387 g/mol. The maximum Gasteiger partial charge on any atom is 0.271 e. The topological polar surface area (TPSA) is 85.3 Å². The van der Waals surface area contributed by atoms with E-state index in [-0.39, 0.29) is 12.7 Å². The van der Waals surface area contributed by atoms with Crippen molar-refractivity contribution in [2.75, 3.05) is 13.8 Å². The Morgan fingerprint density at radius 2 is 2.15 bits per heavy atom. The minimum absolute atomic E-state index is 0.186. The zero-order valence-corrected chi connectivity index (χ0v) is 15.7. The van der Waals surface area contributed by atoms with Gasteiger partial charge in [-0.05, 0) is 31.2 Å². The average Bonchev–Trinajstić information content (AvgIpc) is 3.40. The summed E-state index contributed by atoms with van der Waals surface area (Å²) in [5.41, 5.74) is 2.68. The van der Waals surface area contributed by atoms with Gasteiger partial charge in [0.25, 0.3) is 5.91 Å². The van der Waals surface area contributed by atoms with Crippen LogP contribution < -0.4 is 9.47 Å². The van der Waals surface area contributed by atoms with Crippen LogP contribution >= 0.6 is 11.6 Å². The van der Waals surface area contributed by atoms with Crippen molar-refractivity contribution >= 4 is 17.5 Å². The highest BCUT2D eigenvalue weighted by Crippen LogP contribution is 2.35. The molecule has 0 saturated heterocycles. The minimum atomic E-state index is -0.186. The molecule has 4 rings (SSSR count). The SMILES string of the molecule is CCn1ncc(Cl)c1CN(C)C(=O)c1cc(-c2ccc3c(c2)OCO3)n[nH]1. The lowest BCUT2D eigenvalue weighted by molar-refractivity contribution is 0.0775. The van der Waals surface area contributed by atoms with Gasteiger partial charge in [0.05, 0.1) is 29.2 Å². The Morgan fingerprint density at radius 1 is 1.33 bits per heavy atom. The van der Waals surface area contributed by atoms with Crippen LogP contribution in [0.5, 0.6) is 11.5 Å². The summed E-state index contributed by atoms with van der Waals surface area (Å²) >= 11 is 6.19. The fraction of sp³-hybridized carbons (Fsp3) is 0.278. The predicted octanol–water partition coefficient (Wildman–Crippen LogP) is 2.95. The van der Waals surface area contributed by atoms with E-state index in [1.54, 1.807) is 28.9 Å². The van der Waals surface area contributed by atoms with Gasteiger partial charge in [0.2, 0.25) is 6.79 Å². The molecule has 0 aliphatic carbocycles. The molecular weight excluding hydrogens is 370 g/mol. The molecule has 0 unspecified atom stereocenters. The van der Waals surface area contributed by atoms with Crippen molar-refractivity contribution in [1.29, 1.82) is 0 Å². The number of fused-ring (bicyclic) bond motifs is 1. The molecule has 140 valence electrons. The van der Waals surface area contributed by atoms with Gasteiger partial charge >= 0.3 is 0 Å². The maximum absolute atomic E-state index is 12.8. The van der Waals surface area contributed by atoms with Gasteiger partial charge in [-0.3, -0.25) is 14.6 Å². The molecule has 9 heteroatoms. The molecule has 27 heavy (non-hydrogen) atoms. The molecule has 1 aliphatic rings. The van der Waals surface area contributed by atoms with Crippen molar-refractivity contribution in [1.82, 2.24) is 24.9 Å². The second-order valence-electron chi connectivity index (χ2n) is 6.15. The predicted molar refractivity (Wildman–Crippen MR) is 98.9 cm³/mol. The van der Waals surface area contributed by atoms with E-state index in [1.807, 2.05) is 25.1 Å². The van der Waals surface area contributed by atoms with E-state index in [1.165, 1.54) is 0 Å². The quantitative estimate of drug-likeness (QED) is 0.727. The molecule has 3 aromatic rings. The number of carbonyl (C=O) groups excluding carboxylic acids is 1. The van der Waals surface area contributed by atoms with Crippen molar-refractivity contribution in [3.05, 3.63) is 46.9 Å². The number of aryl methyl sites for hydroxylation is 1. The Bertz CT molecular complexity index is 997. The molecular formula is C18H18ClN5O3. The van der Waals surface area contributed by atoms with Gasteiger partial charge < -0.3 is 14.4 Å². The molecule has 1 aromatic carbocycles. The van der Waals surface area contributed by atoms with E-state index < -0.39 is 0 Å². The van der Waals surface area contributed by atoms with Gasteiger partial charge in [0.1, 0.15) is 5.69 Å². The van der Waals surface area contributed by atoms with Crippen LogP contribution in [0.25, 0.3) is 11.3 Å². The van der Waals surface area contributed by atoms with Crippen LogP contribution in [0.1, 0.15) is 23.1 Å². The van der Waals surface area contributed by atoms with Gasteiger partial charge in [0, 0.05) is 19.2 Å². The van der Waals surface area contributed by atoms with E-state index >= 15 is 0 Å². The highest BCUT2D eigenvalue weighted by Gasteiger charge is 2.20. The number of amides is 1. The number of nitrogens with one attached hydrogen (secondary N) is 1. The Morgan fingerprint density at radius 3 is 2.96 bits per heavy atom. The largest absolute Gasteiger partial charge is 0.454 e.